The van der Waals surface area contributed by atoms with Gasteiger partial charge in [0.05, 0.1) is 12.7 Å². The summed E-state index contributed by atoms with van der Waals surface area (Å²) in [6.07, 6.45) is 5.22. The molecule has 0 saturated heterocycles. The van der Waals surface area contributed by atoms with Crippen molar-refractivity contribution in [2.45, 2.75) is 38.7 Å². The van der Waals surface area contributed by atoms with Crippen molar-refractivity contribution in [2.75, 3.05) is 13.2 Å². The molecule has 0 radical (unpaired) electrons. The van der Waals surface area contributed by atoms with Gasteiger partial charge in [0.1, 0.15) is 12.4 Å². The molecule has 0 aromatic heterocycles. The van der Waals surface area contributed by atoms with Crippen LogP contribution in [0.1, 0.15) is 43.0 Å². The third kappa shape index (κ3) is 5.02. The van der Waals surface area contributed by atoms with E-state index < -0.39 is 0 Å². The van der Waals surface area contributed by atoms with Crippen LogP contribution in [0.5, 0.6) is 5.75 Å². The first-order valence-electron chi connectivity index (χ1n) is 7.54. The number of carbonyl (C=O) groups is 1. The van der Waals surface area contributed by atoms with Crippen molar-refractivity contribution in [3.05, 3.63) is 29.8 Å². The zero-order valence-corrected chi connectivity index (χ0v) is 12.5. The second-order valence-electron chi connectivity index (χ2n) is 5.60. The lowest BCUT2D eigenvalue weighted by Crippen LogP contribution is -2.29. The van der Waals surface area contributed by atoms with E-state index in [4.69, 9.17) is 15.3 Å². The maximum Gasteiger partial charge on any atom is 0.265 e. The van der Waals surface area contributed by atoms with Crippen molar-refractivity contribution in [3.63, 3.8) is 0 Å². The highest BCUT2D eigenvalue weighted by atomic mass is 16.5. The minimum Gasteiger partial charge on any atom is -0.491 e. The molecule has 0 spiro atoms. The summed E-state index contributed by atoms with van der Waals surface area (Å²) in [5.41, 5.74) is 2.60. The van der Waals surface area contributed by atoms with Gasteiger partial charge in [0.2, 0.25) is 0 Å². The fourth-order valence-electron chi connectivity index (χ4n) is 2.56. The first-order valence-corrected chi connectivity index (χ1v) is 7.54. The van der Waals surface area contributed by atoms with Crippen LogP contribution >= 0.6 is 0 Å². The van der Waals surface area contributed by atoms with Gasteiger partial charge in [0.25, 0.3) is 5.91 Å². The van der Waals surface area contributed by atoms with E-state index in [-0.39, 0.29) is 5.91 Å². The molecule has 1 amide bonds. The van der Waals surface area contributed by atoms with Gasteiger partial charge in [-0.2, -0.15) is 0 Å². The second kappa shape index (κ2) is 8.00. The van der Waals surface area contributed by atoms with Crippen LogP contribution in [0.25, 0.3) is 0 Å². The molecule has 1 aromatic rings. The molecule has 1 aliphatic carbocycles. The fraction of sp³-hybridized carbons (Fsp3) is 0.562. The molecule has 3 N–H and O–H groups in total. The second-order valence-corrected chi connectivity index (χ2v) is 5.60. The Morgan fingerprint density at radius 3 is 2.48 bits per heavy atom. The zero-order chi connectivity index (χ0) is 15.1. The van der Waals surface area contributed by atoms with Crippen LogP contribution in [0.15, 0.2) is 24.3 Å². The van der Waals surface area contributed by atoms with E-state index >= 15 is 0 Å². The van der Waals surface area contributed by atoms with Gasteiger partial charge in [-0.15, -0.1) is 0 Å². The molecule has 5 heteroatoms. The Labute approximate surface area is 125 Å². The van der Waals surface area contributed by atoms with Crippen LogP contribution in [0.2, 0.25) is 0 Å². The van der Waals surface area contributed by atoms with Gasteiger partial charge in [-0.25, -0.2) is 5.84 Å². The first-order chi connectivity index (χ1) is 10.2. The quantitative estimate of drug-likeness (QED) is 0.365. The summed E-state index contributed by atoms with van der Waals surface area (Å²) in [6.45, 7) is 3.42. The number of benzene rings is 1. The van der Waals surface area contributed by atoms with Crippen molar-refractivity contribution < 1.29 is 14.3 Å². The van der Waals surface area contributed by atoms with E-state index in [0.717, 1.165) is 24.5 Å². The third-order valence-corrected chi connectivity index (χ3v) is 3.92. The van der Waals surface area contributed by atoms with Gasteiger partial charge in [-0.1, -0.05) is 6.92 Å². The van der Waals surface area contributed by atoms with Crippen LogP contribution in [-0.4, -0.2) is 25.2 Å². The Hall–Kier alpha value is -1.59. The zero-order valence-electron chi connectivity index (χ0n) is 12.5. The number of nitrogens with two attached hydrogens (primary N) is 1. The molecule has 5 nitrogen and oxygen atoms in total. The number of hydrogen-bond donors (Lipinski definition) is 2. The minimum absolute atomic E-state index is 0.309. The molecular weight excluding hydrogens is 268 g/mol. The molecule has 116 valence electrons. The molecule has 0 heterocycles. The molecule has 1 fully saturated rings. The summed E-state index contributed by atoms with van der Waals surface area (Å²) in [5.74, 6) is 6.33. The topological polar surface area (TPSA) is 73.6 Å². The lowest BCUT2D eigenvalue weighted by Gasteiger charge is -2.26. The van der Waals surface area contributed by atoms with E-state index in [2.05, 4.69) is 12.3 Å². The molecule has 1 saturated carbocycles. The average Bonchev–Trinajstić information content (AvgIpc) is 2.53. The Morgan fingerprint density at radius 1 is 1.19 bits per heavy atom. The van der Waals surface area contributed by atoms with E-state index in [0.29, 0.717) is 24.9 Å². The number of nitrogens with one attached hydrogen (secondary N) is 1. The predicted octanol–water partition coefficient (Wildman–Crippen LogP) is 2.26. The van der Waals surface area contributed by atoms with Crippen LogP contribution in [0.3, 0.4) is 0 Å². The standard InChI is InChI=1S/C16H24N2O3/c1-12-2-6-14(7-3-12)20-10-11-21-15-8-4-13(5-9-15)16(19)18-17/h4-5,8-9,12,14H,2-3,6-7,10-11,17H2,1H3,(H,18,19). The number of rotatable bonds is 6. The van der Waals surface area contributed by atoms with Gasteiger partial charge in [-0.3, -0.25) is 10.2 Å². The summed E-state index contributed by atoms with van der Waals surface area (Å²) in [6, 6.07) is 6.88. The minimum atomic E-state index is -0.309. The summed E-state index contributed by atoms with van der Waals surface area (Å²) in [5, 5.41) is 0. The number of carbonyl (C=O) groups excluding carboxylic acids is 1. The lowest BCUT2D eigenvalue weighted by molar-refractivity contribution is 0.00570. The summed E-state index contributed by atoms with van der Waals surface area (Å²) < 4.78 is 11.4. The fourth-order valence-corrected chi connectivity index (χ4v) is 2.56. The van der Waals surface area contributed by atoms with Crippen molar-refractivity contribution in [3.8, 4) is 5.75 Å². The first kappa shape index (κ1) is 15.8. The molecule has 0 atom stereocenters. The molecule has 2 rings (SSSR count). The smallest absolute Gasteiger partial charge is 0.265 e. The van der Waals surface area contributed by atoms with E-state index in [1.54, 1.807) is 24.3 Å². The van der Waals surface area contributed by atoms with Crippen molar-refractivity contribution in [2.24, 2.45) is 11.8 Å². The Kier molecular flexibility index (Phi) is 6.02. The van der Waals surface area contributed by atoms with E-state index in [1.165, 1.54) is 12.8 Å². The lowest BCUT2D eigenvalue weighted by atomic mass is 9.89. The number of ether oxygens (including phenoxy) is 2. The molecule has 0 bridgehead atoms. The van der Waals surface area contributed by atoms with Crippen molar-refractivity contribution >= 4 is 5.91 Å². The SMILES string of the molecule is CC1CCC(OCCOc2ccc(C(=O)NN)cc2)CC1. The highest BCUT2D eigenvalue weighted by Gasteiger charge is 2.18. The maximum absolute atomic E-state index is 11.3. The van der Waals surface area contributed by atoms with Gasteiger partial charge in [-0.05, 0) is 55.9 Å². The van der Waals surface area contributed by atoms with Gasteiger partial charge >= 0.3 is 0 Å². The van der Waals surface area contributed by atoms with E-state index in [9.17, 15) is 4.79 Å². The number of hydrogen-bond acceptors (Lipinski definition) is 4. The van der Waals surface area contributed by atoms with Crippen LogP contribution in [0.4, 0.5) is 0 Å². The molecule has 1 aliphatic rings. The predicted molar refractivity (Wildman–Crippen MR) is 81.0 cm³/mol. The largest absolute Gasteiger partial charge is 0.491 e. The summed E-state index contributed by atoms with van der Waals surface area (Å²) >= 11 is 0. The average molecular weight is 292 g/mol. The van der Waals surface area contributed by atoms with Crippen LogP contribution < -0.4 is 16.0 Å². The Bertz CT molecular complexity index is 439. The molecule has 21 heavy (non-hydrogen) atoms. The summed E-state index contributed by atoms with van der Waals surface area (Å²) in [7, 11) is 0. The van der Waals surface area contributed by atoms with Crippen molar-refractivity contribution in [1.29, 1.82) is 0 Å². The molecule has 1 aromatic carbocycles. The molecular formula is C16H24N2O3. The number of hydrazine groups is 1. The highest BCUT2D eigenvalue weighted by molar-refractivity contribution is 5.93. The Balaban J connectivity index is 1.65. The molecule has 0 unspecified atom stereocenters. The highest BCUT2D eigenvalue weighted by Crippen LogP contribution is 2.25. The van der Waals surface area contributed by atoms with Gasteiger partial charge in [0, 0.05) is 5.56 Å². The maximum atomic E-state index is 11.3. The summed E-state index contributed by atoms with van der Waals surface area (Å²) in [4.78, 5) is 11.3. The molecule has 0 aliphatic heterocycles. The van der Waals surface area contributed by atoms with Crippen molar-refractivity contribution in [1.82, 2.24) is 5.43 Å². The monoisotopic (exact) mass is 292 g/mol. The van der Waals surface area contributed by atoms with E-state index in [1.807, 2.05) is 0 Å². The van der Waals surface area contributed by atoms with Gasteiger partial charge < -0.3 is 9.47 Å². The number of amides is 1. The Morgan fingerprint density at radius 2 is 1.86 bits per heavy atom. The van der Waals surface area contributed by atoms with Gasteiger partial charge in [0.15, 0.2) is 0 Å². The number of nitrogen functional groups attached to an aromatic ring is 1. The normalized spacial score (nSPS) is 21.8. The van der Waals surface area contributed by atoms with Crippen LogP contribution in [-0.2, 0) is 4.74 Å². The third-order valence-electron chi connectivity index (χ3n) is 3.92. The van der Waals surface area contributed by atoms with Crippen LogP contribution in [0, 0.1) is 5.92 Å².